The van der Waals surface area contributed by atoms with Gasteiger partial charge in [0.05, 0.1) is 13.2 Å². The Morgan fingerprint density at radius 2 is 1.69 bits per heavy atom. The van der Waals surface area contributed by atoms with Crippen molar-refractivity contribution in [3.8, 4) is 5.75 Å². The van der Waals surface area contributed by atoms with Crippen LogP contribution in [0.2, 0.25) is 0 Å². The fourth-order valence-electron chi connectivity index (χ4n) is 3.62. The zero-order chi connectivity index (χ0) is 20.5. The molecule has 2 aromatic carbocycles. The Morgan fingerprint density at radius 1 is 1.00 bits per heavy atom. The smallest absolute Gasteiger partial charge is 0.251 e. The summed E-state index contributed by atoms with van der Waals surface area (Å²) in [6, 6.07) is 17.2. The summed E-state index contributed by atoms with van der Waals surface area (Å²) in [6.07, 6.45) is 2.63. The average Bonchev–Trinajstić information content (AvgIpc) is 3.29. The Labute approximate surface area is 172 Å². The summed E-state index contributed by atoms with van der Waals surface area (Å²) in [4.78, 5) is 26.8. The monoisotopic (exact) mass is 395 g/mol. The molecule has 0 radical (unpaired) electrons. The fraction of sp³-hybridized carbons (Fsp3) is 0.391. The first-order valence-corrected chi connectivity index (χ1v) is 10.2. The molecule has 29 heavy (non-hydrogen) atoms. The minimum Gasteiger partial charge on any atom is -0.497 e. The Kier molecular flexibility index (Phi) is 7.64. The van der Waals surface area contributed by atoms with E-state index in [9.17, 15) is 9.59 Å². The molecule has 1 heterocycles. The largest absolute Gasteiger partial charge is 0.497 e. The molecular formula is C23H29N3O3. The summed E-state index contributed by atoms with van der Waals surface area (Å²) in [5.74, 6) is 0.606. The highest BCUT2D eigenvalue weighted by Crippen LogP contribution is 2.26. The van der Waals surface area contributed by atoms with E-state index < -0.39 is 0 Å². The number of ether oxygens (including phenoxy) is 1. The van der Waals surface area contributed by atoms with Crippen LogP contribution < -0.4 is 15.4 Å². The van der Waals surface area contributed by atoms with Crippen molar-refractivity contribution in [1.29, 1.82) is 0 Å². The van der Waals surface area contributed by atoms with Crippen LogP contribution in [0.25, 0.3) is 0 Å². The maximum absolute atomic E-state index is 12.3. The first-order valence-electron chi connectivity index (χ1n) is 10.2. The third-order valence-electron chi connectivity index (χ3n) is 5.25. The van der Waals surface area contributed by atoms with Gasteiger partial charge in [0.1, 0.15) is 5.75 Å². The van der Waals surface area contributed by atoms with Gasteiger partial charge in [0, 0.05) is 25.1 Å². The molecule has 3 rings (SSSR count). The molecule has 1 aliphatic rings. The van der Waals surface area contributed by atoms with E-state index in [0.29, 0.717) is 18.7 Å². The van der Waals surface area contributed by atoms with Gasteiger partial charge in [0.2, 0.25) is 5.91 Å². The first kappa shape index (κ1) is 20.9. The molecule has 6 heteroatoms. The summed E-state index contributed by atoms with van der Waals surface area (Å²) in [7, 11) is 1.66. The highest BCUT2D eigenvalue weighted by atomic mass is 16.5. The lowest BCUT2D eigenvalue weighted by atomic mass is 10.1. The number of hydrogen-bond acceptors (Lipinski definition) is 4. The predicted octanol–water partition coefficient (Wildman–Crippen LogP) is 2.77. The van der Waals surface area contributed by atoms with E-state index in [1.54, 1.807) is 19.2 Å². The summed E-state index contributed by atoms with van der Waals surface area (Å²) in [5.41, 5.74) is 1.77. The van der Waals surface area contributed by atoms with Crippen LogP contribution in [0, 0.1) is 0 Å². The van der Waals surface area contributed by atoms with Crippen LogP contribution in [0.3, 0.4) is 0 Å². The Hall–Kier alpha value is -2.86. The number of rotatable bonds is 9. The van der Waals surface area contributed by atoms with Gasteiger partial charge in [-0.2, -0.15) is 0 Å². The Morgan fingerprint density at radius 3 is 2.34 bits per heavy atom. The van der Waals surface area contributed by atoms with E-state index >= 15 is 0 Å². The summed E-state index contributed by atoms with van der Waals surface area (Å²) in [6.45, 7) is 2.95. The second kappa shape index (κ2) is 10.6. The standard InChI is InChI=1S/C23H29N3O3/c1-29-20-11-9-18(10-12-20)21(26-15-5-6-16-26)17-25-22(27)13-14-24-23(28)19-7-3-2-4-8-19/h2-4,7-12,21H,5-6,13-17H2,1H3,(H,24,28)(H,25,27)/t21-/m1/s1. The molecule has 0 unspecified atom stereocenters. The number of amides is 2. The number of methoxy groups -OCH3 is 1. The van der Waals surface area contributed by atoms with Crippen LogP contribution in [-0.2, 0) is 4.79 Å². The predicted molar refractivity (Wildman–Crippen MR) is 113 cm³/mol. The number of hydrogen-bond donors (Lipinski definition) is 2. The van der Waals surface area contributed by atoms with Gasteiger partial charge in [-0.15, -0.1) is 0 Å². The van der Waals surface area contributed by atoms with Crippen molar-refractivity contribution in [3.63, 3.8) is 0 Å². The minimum atomic E-state index is -0.161. The van der Waals surface area contributed by atoms with E-state index in [1.165, 1.54) is 18.4 Å². The number of nitrogens with zero attached hydrogens (tertiary/aromatic N) is 1. The summed E-state index contributed by atoms with van der Waals surface area (Å²) in [5, 5.41) is 5.83. The molecule has 154 valence electrons. The van der Waals surface area contributed by atoms with Crippen molar-refractivity contribution >= 4 is 11.8 Å². The van der Waals surface area contributed by atoms with Crippen LogP contribution in [0.4, 0.5) is 0 Å². The topological polar surface area (TPSA) is 70.7 Å². The minimum absolute atomic E-state index is 0.0592. The molecular weight excluding hydrogens is 366 g/mol. The van der Waals surface area contributed by atoms with Crippen LogP contribution >= 0.6 is 0 Å². The molecule has 1 aliphatic heterocycles. The zero-order valence-corrected chi connectivity index (χ0v) is 16.9. The van der Waals surface area contributed by atoms with E-state index in [1.807, 2.05) is 30.3 Å². The molecule has 2 amide bonds. The molecule has 1 atom stereocenters. The van der Waals surface area contributed by atoms with Gasteiger partial charge in [0.25, 0.3) is 5.91 Å². The Balaban J connectivity index is 1.49. The lowest BCUT2D eigenvalue weighted by Gasteiger charge is -2.28. The second-order valence-corrected chi connectivity index (χ2v) is 7.21. The van der Waals surface area contributed by atoms with Crippen molar-refractivity contribution in [2.24, 2.45) is 0 Å². The van der Waals surface area contributed by atoms with Gasteiger partial charge in [-0.1, -0.05) is 30.3 Å². The van der Waals surface area contributed by atoms with Gasteiger partial charge in [-0.3, -0.25) is 14.5 Å². The number of nitrogens with one attached hydrogen (secondary N) is 2. The van der Waals surface area contributed by atoms with Gasteiger partial charge in [0.15, 0.2) is 0 Å². The van der Waals surface area contributed by atoms with Crippen LogP contribution in [0.1, 0.15) is 41.2 Å². The third-order valence-corrected chi connectivity index (χ3v) is 5.25. The van der Waals surface area contributed by atoms with E-state index in [2.05, 4.69) is 27.7 Å². The van der Waals surface area contributed by atoms with E-state index in [4.69, 9.17) is 4.74 Å². The van der Waals surface area contributed by atoms with Gasteiger partial charge < -0.3 is 15.4 Å². The second-order valence-electron chi connectivity index (χ2n) is 7.21. The first-order chi connectivity index (χ1) is 14.2. The molecule has 0 aromatic heterocycles. The van der Waals surface area contributed by atoms with Crippen molar-refractivity contribution < 1.29 is 14.3 Å². The van der Waals surface area contributed by atoms with Gasteiger partial charge >= 0.3 is 0 Å². The van der Waals surface area contributed by atoms with E-state index in [0.717, 1.165) is 18.8 Å². The van der Waals surface area contributed by atoms with Crippen molar-refractivity contribution in [2.45, 2.75) is 25.3 Å². The quantitative estimate of drug-likeness (QED) is 0.685. The van der Waals surface area contributed by atoms with Crippen molar-refractivity contribution in [3.05, 3.63) is 65.7 Å². The third kappa shape index (κ3) is 6.06. The maximum Gasteiger partial charge on any atom is 0.251 e. The van der Waals surface area contributed by atoms with Crippen LogP contribution in [-0.4, -0.2) is 50.0 Å². The number of carbonyl (C=O) groups is 2. The molecule has 0 bridgehead atoms. The lowest BCUT2D eigenvalue weighted by Crippen LogP contribution is -2.38. The fourth-order valence-corrected chi connectivity index (χ4v) is 3.62. The maximum atomic E-state index is 12.3. The highest BCUT2D eigenvalue weighted by Gasteiger charge is 2.24. The zero-order valence-electron chi connectivity index (χ0n) is 16.9. The molecule has 1 fully saturated rings. The highest BCUT2D eigenvalue weighted by molar-refractivity contribution is 5.94. The van der Waals surface area contributed by atoms with Crippen molar-refractivity contribution in [2.75, 3.05) is 33.3 Å². The molecule has 0 saturated carbocycles. The number of likely N-dealkylation sites (tertiary alicyclic amines) is 1. The molecule has 2 N–H and O–H groups in total. The van der Waals surface area contributed by atoms with Crippen LogP contribution in [0.5, 0.6) is 5.75 Å². The van der Waals surface area contributed by atoms with Crippen molar-refractivity contribution in [1.82, 2.24) is 15.5 Å². The summed E-state index contributed by atoms with van der Waals surface area (Å²) >= 11 is 0. The lowest BCUT2D eigenvalue weighted by molar-refractivity contribution is -0.121. The Bertz CT molecular complexity index is 787. The molecule has 0 spiro atoms. The summed E-state index contributed by atoms with van der Waals surface area (Å²) < 4.78 is 5.25. The van der Waals surface area contributed by atoms with Crippen LogP contribution in [0.15, 0.2) is 54.6 Å². The molecule has 2 aromatic rings. The average molecular weight is 396 g/mol. The molecule has 6 nitrogen and oxygen atoms in total. The SMILES string of the molecule is COc1ccc([C@@H](CNC(=O)CCNC(=O)c2ccccc2)N2CCCC2)cc1. The number of benzene rings is 2. The van der Waals surface area contributed by atoms with Gasteiger partial charge in [-0.25, -0.2) is 0 Å². The molecule has 1 saturated heterocycles. The van der Waals surface area contributed by atoms with E-state index in [-0.39, 0.29) is 24.3 Å². The number of carbonyl (C=O) groups excluding carboxylic acids is 2. The normalized spacial score (nSPS) is 14.9. The molecule has 0 aliphatic carbocycles. The van der Waals surface area contributed by atoms with Gasteiger partial charge in [-0.05, 0) is 55.8 Å².